The fraction of sp³-hybridized carbons (Fsp3) is 0.562. The van der Waals surface area contributed by atoms with Gasteiger partial charge < -0.3 is 10.0 Å². The van der Waals surface area contributed by atoms with Gasteiger partial charge in [-0.15, -0.1) is 0 Å². The van der Waals surface area contributed by atoms with Crippen LogP contribution in [0.4, 0.5) is 5.69 Å². The zero-order chi connectivity index (χ0) is 13.8. The van der Waals surface area contributed by atoms with Crippen LogP contribution in [-0.4, -0.2) is 24.2 Å². The number of hydrogen-bond donors (Lipinski definition) is 1. The molecule has 2 rings (SSSR count). The number of hydrogen-bond acceptors (Lipinski definition) is 2. The highest BCUT2D eigenvalue weighted by Gasteiger charge is 2.23. The summed E-state index contributed by atoms with van der Waals surface area (Å²) < 4.78 is 0. The first-order valence-corrected chi connectivity index (χ1v) is 7.18. The van der Waals surface area contributed by atoms with Crippen molar-refractivity contribution in [3.05, 3.63) is 29.8 Å². The molecule has 0 aliphatic heterocycles. The molecule has 1 saturated carbocycles. The smallest absolute Gasteiger partial charge is 0.335 e. The van der Waals surface area contributed by atoms with Crippen molar-refractivity contribution in [3.8, 4) is 0 Å². The molecule has 1 aromatic rings. The summed E-state index contributed by atoms with van der Waals surface area (Å²) in [7, 11) is 2.08. The Hall–Kier alpha value is -1.51. The van der Waals surface area contributed by atoms with Gasteiger partial charge in [0.1, 0.15) is 0 Å². The third kappa shape index (κ3) is 3.28. The van der Waals surface area contributed by atoms with Crippen molar-refractivity contribution >= 4 is 11.7 Å². The predicted molar refractivity (Wildman–Crippen MR) is 77.8 cm³/mol. The number of rotatable bonds is 4. The maximum absolute atomic E-state index is 11.0. The minimum absolute atomic E-state index is 0.367. The van der Waals surface area contributed by atoms with Gasteiger partial charge in [0.15, 0.2) is 0 Å². The minimum Gasteiger partial charge on any atom is -0.478 e. The Bertz CT molecular complexity index is 436. The average molecular weight is 261 g/mol. The zero-order valence-electron chi connectivity index (χ0n) is 11.8. The monoisotopic (exact) mass is 261 g/mol. The van der Waals surface area contributed by atoms with E-state index in [1.54, 1.807) is 12.1 Å². The molecule has 0 unspecified atom stereocenters. The summed E-state index contributed by atoms with van der Waals surface area (Å²) in [4.78, 5) is 13.3. The van der Waals surface area contributed by atoms with E-state index in [4.69, 9.17) is 5.11 Å². The molecule has 104 valence electrons. The van der Waals surface area contributed by atoms with Crippen LogP contribution < -0.4 is 4.90 Å². The van der Waals surface area contributed by atoms with Crippen LogP contribution >= 0.6 is 0 Å². The summed E-state index contributed by atoms with van der Waals surface area (Å²) in [6.07, 6.45) is 6.30. The molecule has 1 N–H and O–H groups in total. The molecule has 0 heterocycles. The molecule has 1 fully saturated rings. The van der Waals surface area contributed by atoms with Gasteiger partial charge in [-0.05, 0) is 49.8 Å². The van der Waals surface area contributed by atoms with Crippen LogP contribution in [0.1, 0.15) is 49.4 Å². The zero-order valence-corrected chi connectivity index (χ0v) is 11.8. The summed E-state index contributed by atoms with van der Waals surface area (Å²) >= 11 is 0. The Labute approximate surface area is 115 Å². The predicted octanol–water partition coefficient (Wildman–Crippen LogP) is 3.79. The Morgan fingerprint density at radius 1 is 1.32 bits per heavy atom. The third-order valence-electron chi connectivity index (χ3n) is 4.44. The Balaban J connectivity index is 2.05. The second-order valence-corrected chi connectivity index (χ2v) is 5.55. The molecular weight excluding hydrogens is 238 g/mol. The van der Waals surface area contributed by atoms with Gasteiger partial charge in [-0.25, -0.2) is 4.79 Å². The standard InChI is InChI=1S/C16H23NO2/c1-3-12-7-9-14(10-8-12)17(2)15-6-4-5-13(11-15)16(18)19/h4-6,11-12,14H,3,7-10H2,1-2H3,(H,18,19). The first-order chi connectivity index (χ1) is 9.11. The van der Waals surface area contributed by atoms with Crippen molar-refractivity contribution in [2.45, 2.75) is 45.1 Å². The molecule has 1 aliphatic carbocycles. The summed E-state index contributed by atoms with van der Waals surface area (Å²) in [5.74, 6) is 0.0277. The Kier molecular flexibility index (Phi) is 4.46. The molecule has 0 radical (unpaired) electrons. The molecule has 3 heteroatoms. The lowest BCUT2D eigenvalue weighted by Gasteiger charge is -2.36. The summed E-state index contributed by atoms with van der Waals surface area (Å²) in [6.45, 7) is 2.27. The highest BCUT2D eigenvalue weighted by atomic mass is 16.4. The SMILES string of the molecule is CCC1CCC(N(C)c2cccc(C(=O)O)c2)CC1. The van der Waals surface area contributed by atoms with Crippen molar-refractivity contribution in [2.75, 3.05) is 11.9 Å². The highest BCUT2D eigenvalue weighted by Crippen LogP contribution is 2.31. The van der Waals surface area contributed by atoms with E-state index in [1.807, 2.05) is 12.1 Å². The third-order valence-corrected chi connectivity index (χ3v) is 4.44. The van der Waals surface area contributed by atoms with Crippen molar-refractivity contribution in [1.82, 2.24) is 0 Å². The number of anilines is 1. The summed E-state index contributed by atoms with van der Waals surface area (Å²) in [5, 5.41) is 9.05. The summed E-state index contributed by atoms with van der Waals surface area (Å²) in [6, 6.07) is 7.79. The Morgan fingerprint density at radius 3 is 2.58 bits per heavy atom. The average Bonchev–Trinajstić information content (AvgIpc) is 2.46. The van der Waals surface area contributed by atoms with E-state index >= 15 is 0 Å². The molecule has 3 nitrogen and oxygen atoms in total. The van der Waals surface area contributed by atoms with Gasteiger partial charge in [-0.1, -0.05) is 19.4 Å². The lowest BCUT2D eigenvalue weighted by atomic mass is 9.84. The van der Waals surface area contributed by atoms with Crippen LogP contribution in [0.3, 0.4) is 0 Å². The first kappa shape index (κ1) is 13.9. The molecule has 0 amide bonds. The lowest BCUT2D eigenvalue weighted by Crippen LogP contribution is -2.35. The van der Waals surface area contributed by atoms with Crippen LogP contribution in [0.2, 0.25) is 0 Å². The van der Waals surface area contributed by atoms with Crippen LogP contribution in [0.25, 0.3) is 0 Å². The fourth-order valence-corrected chi connectivity index (χ4v) is 3.01. The lowest BCUT2D eigenvalue weighted by molar-refractivity contribution is 0.0697. The molecule has 1 aromatic carbocycles. The highest BCUT2D eigenvalue weighted by molar-refractivity contribution is 5.88. The molecule has 0 saturated heterocycles. The molecule has 0 atom stereocenters. The molecule has 19 heavy (non-hydrogen) atoms. The van der Waals surface area contributed by atoms with Gasteiger partial charge in [0.05, 0.1) is 5.56 Å². The fourth-order valence-electron chi connectivity index (χ4n) is 3.01. The maximum atomic E-state index is 11.0. The van der Waals surface area contributed by atoms with Crippen LogP contribution in [0.5, 0.6) is 0 Å². The normalized spacial score (nSPS) is 23.1. The number of carboxylic acids is 1. The maximum Gasteiger partial charge on any atom is 0.335 e. The quantitative estimate of drug-likeness (QED) is 0.896. The number of benzene rings is 1. The van der Waals surface area contributed by atoms with E-state index in [2.05, 4.69) is 18.9 Å². The van der Waals surface area contributed by atoms with E-state index in [0.29, 0.717) is 11.6 Å². The number of carbonyl (C=O) groups is 1. The van der Waals surface area contributed by atoms with E-state index in [1.165, 1.54) is 32.1 Å². The molecule has 0 bridgehead atoms. The van der Waals surface area contributed by atoms with Gasteiger partial charge in [0.25, 0.3) is 0 Å². The van der Waals surface area contributed by atoms with Gasteiger partial charge in [0.2, 0.25) is 0 Å². The van der Waals surface area contributed by atoms with Crippen molar-refractivity contribution in [1.29, 1.82) is 0 Å². The Morgan fingerprint density at radius 2 is 2.00 bits per heavy atom. The molecular formula is C16H23NO2. The largest absolute Gasteiger partial charge is 0.478 e. The van der Waals surface area contributed by atoms with Gasteiger partial charge >= 0.3 is 5.97 Å². The molecule has 0 aromatic heterocycles. The van der Waals surface area contributed by atoms with E-state index in [0.717, 1.165) is 11.6 Å². The summed E-state index contributed by atoms with van der Waals surface area (Å²) in [5.41, 5.74) is 1.38. The second kappa shape index (κ2) is 6.09. The van der Waals surface area contributed by atoms with Crippen molar-refractivity contribution in [3.63, 3.8) is 0 Å². The number of carboxylic acid groups (broad SMARTS) is 1. The van der Waals surface area contributed by atoms with Crippen LogP contribution in [0.15, 0.2) is 24.3 Å². The van der Waals surface area contributed by atoms with E-state index in [-0.39, 0.29) is 0 Å². The van der Waals surface area contributed by atoms with Gasteiger partial charge in [-0.2, -0.15) is 0 Å². The first-order valence-electron chi connectivity index (χ1n) is 7.18. The van der Waals surface area contributed by atoms with Crippen LogP contribution in [-0.2, 0) is 0 Å². The number of aromatic carboxylic acids is 1. The van der Waals surface area contributed by atoms with E-state index < -0.39 is 5.97 Å². The van der Waals surface area contributed by atoms with E-state index in [9.17, 15) is 4.79 Å². The number of nitrogens with zero attached hydrogens (tertiary/aromatic N) is 1. The van der Waals surface area contributed by atoms with Gasteiger partial charge in [-0.3, -0.25) is 0 Å². The topological polar surface area (TPSA) is 40.5 Å². The van der Waals surface area contributed by atoms with Crippen LogP contribution in [0, 0.1) is 5.92 Å². The minimum atomic E-state index is -0.857. The second-order valence-electron chi connectivity index (χ2n) is 5.55. The molecule has 1 aliphatic rings. The van der Waals surface area contributed by atoms with Gasteiger partial charge in [0, 0.05) is 18.8 Å². The van der Waals surface area contributed by atoms with Crippen molar-refractivity contribution in [2.24, 2.45) is 5.92 Å². The molecule has 0 spiro atoms. The van der Waals surface area contributed by atoms with Crippen molar-refractivity contribution < 1.29 is 9.90 Å².